The summed E-state index contributed by atoms with van der Waals surface area (Å²) in [7, 11) is 1.74. The van der Waals surface area contributed by atoms with Gasteiger partial charge in [-0.2, -0.15) is 0 Å². The molecule has 4 heteroatoms. The summed E-state index contributed by atoms with van der Waals surface area (Å²) in [4.78, 5) is 16.7. The van der Waals surface area contributed by atoms with Gasteiger partial charge in [-0.1, -0.05) is 36.8 Å². The van der Waals surface area contributed by atoms with Gasteiger partial charge in [0.25, 0.3) is 0 Å². The molecule has 0 saturated heterocycles. The van der Waals surface area contributed by atoms with Gasteiger partial charge in [0.15, 0.2) is 0 Å². The summed E-state index contributed by atoms with van der Waals surface area (Å²) in [5.74, 6) is 0.867. The number of aliphatic imine (C=N–C) groups is 1. The minimum absolute atomic E-state index is 0.0386. The molecule has 1 atom stereocenters. The second kappa shape index (κ2) is 10.0. The topological polar surface area (TPSA) is 29.4 Å². The zero-order valence-electron chi connectivity index (χ0n) is 12.1. The lowest BCUT2D eigenvalue weighted by Crippen LogP contribution is -2.16. The van der Waals surface area contributed by atoms with E-state index in [0.717, 1.165) is 29.9 Å². The first-order chi connectivity index (χ1) is 9.72. The van der Waals surface area contributed by atoms with Crippen LogP contribution in [-0.2, 0) is 4.79 Å². The fourth-order valence-corrected chi connectivity index (χ4v) is 2.81. The molecule has 1 aromatic carbocycles. The number of benzene rings is 1. The van der Waals surface area contributed by atoms with Crippen LogP contribution in [0.2, 0.25) is 0 Å². The Labute approximate surface area is 131 Å². The predicted molar refractivity (Wildman–Crippen MR) is 90.3 cm³/mol. The van der Waals surface area contributed by atoms with E-state index < -0.39 is 0 Å². The summed E-state index contributed by atoms with van der Waals surface area (Å²) in [6, 6.07) is 10.0. The molecule has 1 aromatic rings. The van der Waals surface area contributed by atoms with Crippen LogP contribution in [0.1, 0.15) is 37.2 Å². The molecule has 0 fully saturated rings. The third-order valence-corrected chi connectivity index (χ3v) is 4.34. The van der Waals surface area contributed by atoms with E-state index >= 15 is 0 Å². The van der Waals surface area contributed by atoms with Crippen LogP contribution in [0.4, 0.5) is 0 Å². The van der Waals surface area contributed by atoms with Crippen LogP contribution in [0.3, 0.4) is 0 Å². The van der Waals surface area contributed by atoms with Crippen molar-refractivity contribution in [2.45, 2.75) is 31.6 Å². The maximum absolute atomic E-state index is 12.5. The van der Waals surface area contributed by atoms with Crippen LogP contribution in [0, 0.1) is 0 Å². The summed E-state index contributed by atoms with van der Waals surface area (Å²) in [5.41, 5.74) is 1.10. The quantitative estimate of drug-likeness (QED) is 0.305. The van der Waals surface area contributed by atoms with Crippen LogP contribution in [0.25, 0.3) is 0 Å². The molecule has 0 spiro atoms. The molecule has 0 aromatic heterocycles. The zero-order chi connectivity index (χ0) is 14.8. The molecule has 2 nitrogen and oxygen atoms in total. The molecule has 110 valence electrons. The number of carbonyl (C=O) groups is 1. The van der Waals surface area contributed by atoms with Gasteiger partial charge >= 0.3 is 0 Å². The average Bonchev–Trinajstić information content (AvgIpc) is 2.50. The molecule has 0 bridgehead atoms. The van der Waals surface area contributed by atoms with Gasteiger partial charge < -0.3 is 0 Å². The van der Waals surface area contributed by atoms with Crippen LogP contribution in [-0.4, -0.2) is 30.0 Å². The van der Waals surface area contributed by atoms with Crippen LogP contribution >= 0.6 is 23.4 Å². The molecule has 0 heterocycles. The number of carbonyl (C=O) groups excluding carboxylic acids is 1. The van der Waals surface area contributed by atoms with Gasteiger partial charge in [-0.25, -0.2) is 0 Å². The monoisotopic (exact) mass is 311 g/mol. The van der Waals surface area contributed by atoms with Crippen molar-refractivity contribution >= 4 is 34.2 Å². The Morgan fingerprint density at radius 2 is 2.00 bits per heavy atom. The summed E-state index contributed by atoms with van der Waals surface area (Å²) in [5, 5.41) is 0.897. The highest BCUT2D eigenvalue weighted by Crippen LogP contribution is 2.25. The fraction of sp³-hybridized carbons (Fsp3) is 0.500. The molecule has 0 amide bonds. The smallest absolute Gasteiger partial charge is 0.146 e. The van der Waals surface area contributed by atoms with Crippen LogP contribution < -0.4 is 0 Å². The van der Waals surface area contributed by atoms with E-state index in [-0.39, 0.29) is 11.7 Å². The van der Waals surface area contributed by atoms with Crippen molar-refractivity contribution in [2.24, 2.45) is 4.99 Å². The first-order valence-corrected chi connectivity index (χ1v) is 8.62. The van der Waals surface area contributed by atoms with Crippen molar-refractivity contribution < 1.29 is 4.79 Å². The van der Waals surface area contributed by atoms with E-state index in [1.807, 2.05) is 36.6 Å². The van der Waals surface area contributed by atoms with E-state index in [2.05, 4.69) is 4.99 Å². The van der Waals surface area contributed by atoms with Crippen LogP contribution in [0.15, 0.2) is 35.3 Å². The fourth-order valence-electron chi connectivity index (χ4n) is 2.16. The first kappa shape index (κ1) is 17.3. The third-order valence-electron chi connectivity index (χ3n) is 3.28. The lowest BCUT2D eigenvalue weighted by molar-refractivity contribution is -0.119. The number of halogens is 1. The molecule has 0 aliphatic heterocycles. The Kier molecular flexibility index (Phi) is 8.63. The first-order valence-electron chi connectivity index (χ1n) is 6.86. The predicted octanol–water partition coefficient (Wildman–Crippen LogP) is 4.53. The van der Waals surface area contributed by atoms with Gasteiger partial charge in [0.2, 0.25) is 0 Å². The van der Waals surface area contributed by atoms with Gasteiger partial charge in [-0.15, -0.1) is 23.4 Å². The van der Waals surface area contributed by atoms with Crippen molar-refractivity contribution in [1.82, 2.24) is 0 Å². The van der Waals surface area contributed by atoms with E-state index in [0.29, 0.717) is 12.3 Å². The Morgan fingerprint density at radius 3 is 2.55 bits per heavy atom. The maximum atomic E-state index is 12.5. The molecular weight excluding hydrogens is 290 g/mol. The Morgan fingerprint density at radius 1 is 1.30 bits per heavy atom. The van der Waals surface area contributed by atoms with Crippen molar-refractivity contribution in [3.8, 4) is 0 Å². The van der Waals surface area contributed by atoms with Gasteiger partial charge in [-0.05, 0) is 24.7 Å². The standard InChI is InChI=1S/C16H22ClNOS/c1-18-16(20-2)12-15(19)14(10-6-7-11-17)13-8-4-3-5-9-13/h3-5,8-9,14H,6-7,10-12H2,1-2H3. The summed E-state index contributed by atoms with van der Waals surface area (Å²) >= 11 is 7.28. The average molecular weight is 312 g/mol. The largest absolute Gasteiger partial charge is 0.299 e. The second-order valence-electron chi connectivity index (χ2n) is 4.61. The van der Waals surface area contributed by atoms with Crippen LogP contribution in [0.5, 0.6) is 0 Å². The molecular formula is C16H22ClNOS. The van der Waals surface area contributed by atoms with Crippen molar-refractivity contribution in [2.75, 3.05) is 19.2 Å². The number of hydrogen-bond acceptors (Lipinski definition) is 3. The molecule has 1 rings (SSSR count). The number of rotatable bonds is 8. The minimum atomic E-state index is -0.0386. The molecule has 0 saturated carbocycles. The summed E-state index contributed by atoms with van der Waals surface area (Å²) in [6.45, 7) is 0. The molecule has 0 aliphatic carbocycles. The number of thioether (sulfide) groups is 1. The SMILES string of the molecule is CN=C(CC(=O)C(CCCCCl)c1ccccc1)SC. The van der Waals surface area contributed by atoms with Gasteiger partial charge in [0.1, 0.15) is 5.78 Å². The lowest BCUT2D eigenvalue weighted by atomic mass is 9.88. The zero-order valence-corrected chi connectivity index (χ0v) is 13.7. The Hall–Kier alpha value is -0.800. The molecule has 0 N–H and O–H groups in total. The lowest BCUT2D eigenvalue weighted by Gasteiger charge is -2.16. The second-order valence-corrected chi connectivity index (χ2v) is 5.87. The molecule has 0 radical (unpaired) electrons. The minimum Gasteiger partial charge on any atom is -0.299 e. The number of alkyl halides is 1. The Bertz CT molecular complexity index is 433. The number of unbranched alkanes of at least 4 members (excludes halogenated alkanes) is 1. The number of nitrogens with zero attached hydrogens (tertiary/aromatic N) is 1. The van der Waals surface area contributed by atoms with Crippen molar-refractivity contribution in [3.63, 3.8) is 0 Å². The van der Waals surface area contributed by atoms with E-state index in [1.54, 1.807) is 18.8 Å². The molecule has 1 unspecified atom stereocenters. The number of hydrogen-bond donors (Lipinski definition) is 0. The van der Waals surface area contributed by atoms with E-state index in [9.17, 15) is 4.79 Å². The third kappa shape index (κ3) is 5.68. The van der Waals surface area contributed by atoms with Gasteiger partial charge in [-0.3, -0.25) is 9.79 Å². The maximum Gasteiger partial charge on any atom is 0.146 e. The Balaban J connectivity index is 2.79. The van der Waals surface area contributed by atoms with Gasteiger partial charge in [0, 0.05) is 18.8 Å². The highest BCUT2D eigenvalue weighted by molar-refractivity contribution is 8.13. The number of ketones is 1. The summed E-state index contributed by atoms with van der Waals surface area (Å²) in [6.07, 6.45) is 5.18. The van der Waals surface area contributed by atoms with Crippen molar-refractivity contribution in [1.29, 1.82) is 0 Å². The van der Waals surface area contributed by atoms with Gasteiger partial charge in [0.05, 0.1) is 11.5 Å². The summed E-state index contributed by atoms with van der Waals surface area (Å²) < 4.78 is 0. The highest BCUT2D eigenvalue weighted by Gasteiger charge is 2.21. The molecule has 0 aliphatic rings. The number of Topliss-reactive ketones (excluding diaryl/α,β-unsaturated/α-hetero) is 1. The van der Waals surface area contributed by atoms with E-state index in [4.69, 9.17) is 11.6 Å². The van der Waals surface area contributed by atoms with Crippen molar-refractivity contribution in [3.05, 3.63) is 35.9 Å². The molecule has 20 heavy (non-hydrogen) atoms. The highest BCUT2D eigenvalue weighted by atomic mass is 35.5. The normalized spacial score (nSPS) is 13.2. The van der Waals surface area contributed by atoms with E-state index in [1.165, 1.54) is 0 Å².